The van der Waals surface area contributed by atoms with E-state index >= 15 is 0 Å². The summed E-state index contributed by atoms with van der Waals surface area (Å²) >= 11 is 0. The average Bonchev–Trinajstić information content (AvgIpc) is 2.74. The first-order valence-electron chi connectivity index (χ1n) is 11.5. The minimum Gasteiger partial charge on any atom is -0.507 e. The van der Waals surface area contributed by atoms with Crippen molar-refractivity contribution in [3.63, 3.8) is 0 Å². The number of ketones is 2. The van der Waals surface area contributed by atoms with E-state index in [1.807, 2.05) is 0 Å². The molecule has 2 fully saturated rings. The Bertz CT molecular complexity index is 1180. The number of hydrogen-bond donors (Lipinski definition) is 6. The molecule has 2 saturated carbocycles. The van der Waals surface area contributed by atoms with Crippen LogP contribution in [0.15, 0.2) is 17.7 Å². The van der Waals surface area contributed by atoms with Crippen molar-refractivity contribution >= 4 is 29.1 Å². The maximum Gasteiger partial charge on any atom is 0.230 e. The summed E-state index contributed by atoms with van der Waals surface area (Å²) in [4.78, 5) is 50.6. The molecule has 0 radical (unpaired) electrons. The second-order valence-electron chi connectivity index (χ2n) is 10.8. The zero-order valence-corrected chi connectivity index (χ0v) is 19.8. The molecular formula is C25H30N2O8. The minimum atomic E-state index is -2.61. The molecule has 7 N–H and O–H groups in total. The summed E-state index contributed by atoms with van der Waals surface area (Å²) in [5.41, 5.74) is 3.00. The van der Waals surface area contributed by atoms with Crippen LogP contribution in [0.2, 0.25) is 0 Å². The van der Waals surface area contributed by atoms with Crippen molar-refractivity contribution < 1.29 is 39.6 Å². The molecule has 0 aromatic heterocycles. The van der Waals surface area contributed by atoms with Crippen molar-refractivity contribution in [2.75, 3.05) is 0 Å². The van der Waals surface area contributed by atoms with Crippen LogP contribution in [-0.4, -0.2) is 55.5 Å². The normalized spacial score (nSPS) is 30.3. The monoisotopic (exact) mass is 486 g/mol. The number of primary amides is 1. The summed E-state index contributed by atoms with van der Waals surface area (Å²) in [7, 11) is 0. The van der Waals surface area contributed by atoms with Crippen LogP contribution in [0.5, 0.6) is 5.75 Å². The molecule has 1 aromatic rings. The highest BCUT2D eigenvalue weighted by Gasteiger charge is 2.63. The molecule has 188 valence electrons. The third-order valence-corrected chi connectivity index (χ3v) is 7.49. The SMILES string of the molecule is CC(C)(C)C(=O)NCc1ccc(O)c2c1C[C@H]1C[C@H]3CC(O)C(C(N)=O)C(=O)[C@@]3(O)C(=O)C1=C2O. The number of rotatable bonds is 3. The Hall–Kier alpha value is -3.24. The van der Waals surface area contributed by atoms with E-state index < -0.39 is 58.1 Å². The number of carbonyl (C=O) groups excluding carboxylic acids is 4. The van der Waals surface area contributed by atoms with E-state index in [1.165, 1.54) is 6.07 Å². The number of hydrogen-bond acceptors (Lipinski definition) is 8. The summed E-state index contributed by atoms with van der Waals surface area (Å²) < 4.78 is 0. The Morgan fingerprint density at radius 1 is 1.17 bits per heavy atom. The zero-order chi connectivity index (χ0) is 26.0. The summed E-state index contributed by atoms with van der Waals surface area (Å²) in [6.45, 7) is 5.44. The lowest BCUT2D eigenvalue weighted by Crippen LogP contribution is -2.66. The standard InChI is InChI=1S/C25H30N2O8/c1-24(2,3)23(34)27-9-10-4-5-14(28)17-13(10)7-11-6-12-8-15(29)18(22(26)33)21(32)25(12,35)20(31)16(11)19(17)30/h4-5,11-12,15,18,28-30,35H,6-9H2,1-3H3,(H2,26,33)(H,27,34)/t11-,12+,15?,18?,25+/m1/s1. The Morgan fingerprint density at radius 2 is 1.83 bits per heavy atom. The fourth-order valence-corrected chi connectivity index (χ4v) is 5.60. The zero-order valence-electron chi connectivity index (χ0n) is 19.8. The lowest BCUT2D eigenvalue weighted by molar-refractivity contribution is -0.174. The number of phenolic OH excluding ortho intramolecular Hbond substituents is 1. The summed E-state index contributed by atoms with van der Waals surface area (Å²) in [5.74, 6) is -7.71. The maximum absolute atomic E-state index is 13.5. The van der Waals surface area contributed by atoms with Gasteiger partial charge in [0.2, 0.25) is 17.6 Å². The van der Waals surface area contributed by atoms with Crippen molar-refractivity contribution in [1.82, 2.24) is 5.32 Å². The van der Waals surface area contributed by atoms with Crippen LogP contribution in [-0.2, 0) is 32.1 Å². The van der Waals surface area contributed by atoms with Gasteiger partial charge in [-0.1, -0.05) is 26.8 Å². The number of phenols is 1. The van der Waals surface area contributed by atoms with Gasteiger partial charge in [-0.25, -0.2) is 0 Å². The van der Waals surface area contributed by atoms with Crippen LogP contribution in [0.25, 0.3) is 5.76 Å². The Labute approximate surface area is 201 Å². The number of carbonyl (C=O) groups is 4. The first-order valence-corrected chi connectivity index (χ1v) is 11.5. The van der Waals surface area contributed by atoms with Gasteiger partial charge in [-0.05, 0) is 42.4 Å². The van der Waals surface area contributed by atoms with Gasteiger partial charge in [0.25, 0.3) is 0 Å². The van der Waals surface area contributed by atoms with Crippen LogP contribution in [0.4, 0.5) is 0 Å². The van der Waals surface area contributed by atoms with E-state index in [9.17, 15) is 39.6 Å². The molecule has 10 heteroatoms. The molecule has 0 spiro atoms. The molecule has 0 aliphatic heterocycles. The van der Waals surface area contributed by atoms with E-state index in [2.05, 4.69) is 5.32 Å². The first-order chi connectivity index (χ1) is 16.2. The number of fused-ring (bicyclic) bond motifs is 3. The maximum atomic E-state index is 13.5. The summed E-state index contributed by atoms with van der Waals surface area (Å²) in [6, 6.07) is 2.96. The molecule has 5 atom stereocenters. The van der Waals surface area contributed by atoms with Gasteiger partial charge in [-0.15, -0.1) is 0 Å². The number of Topliss-reactive ketones (excluding diaryl/α,β-unsaturated/α-hetero) is 2. The van der Waals surface area contributed by atoms with Crippen molar-refractivity contribution in [3.8, 4) is 5.75 Å². The van der Waals surface area contributed by atoms with Crippen LogP contribution >= 0.6 is 0 Å². The molecule has 0 heterocycles. The van der Waals surface area contributed by atoms with Crippen LogP contribution in [0.3, 0.4) is 0 Å². The largest absolute Gasteiger partial charge is 0.507 e. The van der Waals surface area contributed by atoms with E-state index in [0.717, 1.165) is 0 Å². The van der Waals surface area contributed by atoms with Gasteiger partial charge in [0.05, 0.1) is 11.7 Å². The van der Waals surface area contributed by atoms with Gasteiger partial charge in [-0.2, -0.15) is 0 Å². The van der Waals surface area contributed by atoms with Gasteiger partial charge < -0.3 is 31.5 Å². The van der Waals surface area contributed by atoms with Crippen LogP contribution in [0, 0.1) is 23.2 Å². The van der Waals surface area contributed by atoms with Crippen molar-refractivity contribution in [2.24, 2.45) is 28.9 Å². The van der Waals surface area contributed by atoms with Crippen molar-refractivity contribution in [2.45, 2.75) is 58.3 Å². The summed E-state index contributed by atoms with van der Waals surface area (Å²) in [5, 5.41) is 46.0. The smallest absolute Gasteiger partial charge is 0.230 e. The van der Waals surface area contributed by atoms with Crippen LogP contribution < -0.4 is 11.1 Å². The van der Waals surface area contributed by atoms with Crippen LogP contribution in [0.1, 0.15) is 50.3 Å². The van der Waals surface area contributed by atoms with Gasteiger partial charge in [-0.3, -0.25) is 19.2 Å². The molecule has 35 heavy (non-hydrogen) atoms. The fraction of sp³-hybridized carbons (Fsp3) is 0.520. The second-order valence-corrected chi connectivity index (χ2v) is 10.8. The topological polar surface area (TPSA) is 187 Å². The molecular weight excluding hydrogens is 456 g/mol. The predicted molar refractivity (Wildman–Crippen MR) is 123 cm³/mol. The number of aliphatic hydroxyl groups is 3. The Morgan fingerprint density at radius 3 is 2.43 bits per heavy atom. The number of aromatic hydroxyl groups is 1. The Balaban J connectivity index is 1.77. The third-order valence-electron chi connectivity index (χ3n) is 7.49. The highest BCUT2D eigenvalue weighted by Crippen LogP contribution is 2.51. The van der Waals surface area contributed by atoms with Gasteiger partial charge in [0.1, 0.15) is 17.4 Å². The molecule has 3 aliphatic rings. The predicted octanol–water partition coefficient (Wildman–Crippen LogP) is 0.251. The fourth-order valence-electron chi connectivity index (χ4n) is 5.60. The van der Waals surface area contributed by atoms with Crippen molar-refractivity contribution in [3.05, 3.63) is 34.4 Å². The second kappa shape index (κ2) is 8.17. The number of aliphatic hydroxyl groups excluding tert-OH is 2. The molecule has 10 nitrogen and oxygen atoms in total. The number of amides is 2. The molecule has 2 amide bonds. The van der Waals surface area contributed by atoms with Gasteiger partial charge in [0, 0.05) is 23.5 Å². The number of benzene rings is 1. The van der Waals surface area contributed by atoms with E-state index in [1.54, 1.807) is 26.8 Å². The molecule has 0 saturated heterocycles. The molecule has 3 aliphatic carbocycles. The Kier molecular flexibility index (Phi) is 5.80. The van der Waals surface area contributed by atoms with E-state index in [4.69, 9.17) is 5.73 Å². The molecule has 1 aromatic carbocycles. The first kappa shape index (κ1) is 24.9. The van der Waals surface area contributed by atoms with Crippen molar-refractivity contribution in [1.29, 1.82) is 0 Å². The lowest BCUT2D eigenvalue weighted by atomic mass is 9.56. The highest BCUT2D eigenvalue weighted by atomic mass is 16.3. The lowest BCUT2D eigenvalue weighted by Gasteiger charge is -2.48. The molecule has 4 rings (SSSR count). The molecule has 2 unspecified atom stereocenters. The quantitative estimate of drug-likeness (QED) is 0.328. The summed E-state index contributed by atoms with van der Waals surface area (Å²) in [6.07, 6.45) is -1.34. The molecule has 0 bridgehead atoms. The van der Waals surface area contributed by atoms with Gasteiger partial charge >= 0.3 is 0 Å². The highest BCUT2D eigenvalue weighted by molar-refractivity contribution is 6.24. The number of nitrogens with one attached hydrogen (secondary N) is 1. The number of nitrogens with two attached hydrogens (primary N) is 1. The van der Waals surface area contributed by atoms with E-state index in [0.29, 0.717) is 11.1 Å². The minimum absolute atomic E-state index is 0.00361. The average molecular weight is 487 g/mol. The van der Waals surface area contributed by atoms with E-state index in [-0.39, 0.29) is 48.6 Å². The van der Waals surface area contributed by atoms with Gasteiger partial charge in [0.15, 0.2) is 11.4 Å². The third kappa shape index (κ3) is 3.71.